The number of nitrogens with one attached hydrogen (secondary N) is 1. The number of allylic oxidation sites excluding steroid dienone is 5. The van der Waals surface area contributed by atoms with Gasteiger partial charge in [0.15, 0.2) is 0 Å². The number of hydrogen-bond acceptors (Lipinski definition) is 5. The molecule has 0 radical (unpaired) electrons. The van der Waals surface area contributed by atoms with E-state index in [4.69, 9.17) is 9.53 Å². The Balaban J connectivity index is 0.00000212. The molecule has 31 heavy (non-hydrogen) atoms. The van der Waals surface area contributed by atoms with Crippen LogP contribution < -0.4 is 5.32 Å². The van der Waals surface area contributed by atoms with Crippen molar-refractivity contribution in [3.8, 4) is 0 Å². The number of halogens is 2. The molecule has 0 aromatic carbocycles. The van der Waals surface area contributed by atoms with E-state index in [2.05, 4.69) is 11.9 Å². The number of amides is 2. The second-order valence-corrected chi connectivity index (χ2v) is 6.50. The number of ether oxygens (including phenoxy) is 1. The van der Waals surface area contributed by atoms with Gasteiger partial charge in [-0.15, -0.1) is 6.58 Å². The summed E-state index contributed by atoms with van der Waals surface area (Å²) in [5.74, 6) is -1.59. The molecule has 0 aromatic rings. The van der Waals surface area contributed by atoms with Gasteiger partial charge in [0.05, 0.1) is 30.9 Å². The molecule has 1 saturated heterocycles. The van der Waals surface area contributed by atoms with Crippen molar-refractivity contribution in [2.24, 2.45) is 0 Å². The molecular weight excluding hydrogens is 408 g/mol. The Morgan fingerprint density at radius 1 is 1.32 bits per heavy atom. The van der Waals surface area contributed by atoms with Gasteiger partial charge in [0.1, 0.15) is 24.5 Å². The van der Waals surface area contributed by atoms with E-state index < -0.39 is 30.3 Å². The van der Waals surface area contributed by atoms with Gasteiger partial charge < -0.3 is 19.7 Å². The topological polar surface area (TPSA) is 79.0 Å². The summed E-state index contributed by atoms with van der Waals surface area (Å²) < 4.78 is 34.2. The summed E-state index contributed by atoms with van der Waals surface area (Å²) >= 11 is 0. The van der Waals surface area contributed by atoms with Crippen molar-refractivity contribution < 1.29 is 27.9 Å². The SMILES string of the molecule is C=CCCCN(C)C1=C(F)CC(F)=C(N2CC(CNC(C)=O)OC2=O)C=C1.C=O.CC. The van der Waals surface area contributed by atoms with E-state index in [1.165, 1.54) is 19.1 Å². The molecule has 1 atom stereocenters. The molecule has 0 bridgehead atoms. The Morgan fingerprint density at radius 3 is 2.55 bits per heavy atom. The van der Waals surface area contributed by atoms with E-state index in [1.54, 1.807) is 18.0 Å². The molecule has 1 heterocycles. The summed E-state index contributed by atoms with van der Waals surface area (Å²) in [5.41, 5.74) is 0.265. The van der Waals surface area contributed by atoms with E-state index in [9.17, 15) is 18.4 Å². The molecule has 174 valence electrons. The summed E-state index contributed by atoms with van der Waals surface area (Å²) in [6.07, 6.45) is 4.43. The molecule has 7 nitrogen and oxygen atoms in total. The van der Waals surface area contributed by atoms with Gasteiger partial charge in [0.25, 0.3) is 0 Å². The van der Waals surface area contributed by atoms with Gasteiger partial charge in [-0.25, -0.2) is 13.6 Å². The Bertz CT molecular complexity index is 720. The summed E-state index contributed by atoms with van der Waals surface area (Å²) in [5, 5.41) is 2.56. The summed E-state index contributed by atoms with van der Waals surface area (Å²) in [7, 11) is 1.73. The molecule has 1 aliphatic heterocycles. The first kappa shape index (κ1) is 28.0. The standard InChI is InChI=1S/C19H25F2N3O3.C2H6.CH2O/c1-4-5-6-9-23(3)17-7-8-18(16(21)10-15(17)20)24-12-14(27-19(24)26)11-22-13(2)25;2*1-2/h4,7-8,14H,1,5-6,9-12H2,2-3H3,(H,22,25);1-2H3;1H2. The molecule has 2 amide bonds. The average molecular weight is 442 g/mol. The van der Waals surface area contributed by atoms with Crippen LogP contribution in [-0.4, -0.2) is 61.4 Å². The molecule has 9 heteroatoms. The second-order valence-electron chi connectivity index (χ2n) is 6.50. The molecule has 2 rings (SSSR count). The zero-order chi connectivity index (χ0) is 24.0. The highest BCUT2D eigenvalue weighted by Gasteiger charge is 2.35. The maximum atomic E-state index is 14.6. The highest BCUT2D eigenvalue weighted by atomic mass is 19.1. The minimum atomic E-state index is -0.740. The lowest BCUT2D eigenvalue weighted by Gasteiger charge is -2.20. The Morgan fingerprint density at radius 2 is 1.97 bits per heavy atom. The van der Waals surface area contributed by atoms with E-state index in [1.807, 2.05) is 20.6 Å². The zero-order valence-electron chi connectivity index (χ0n) is 18.7. The maximum Gasteiger partial charge on any atom is 0.414 e. The Hall–Kier alpha value is -2.97. The number of hydrogen-bond donors (Lipinski definition) is 1. The third-order valence-electron chi connectivity index (χ3n) is 4.32. The summed E-state index contributed by atoms with van der Waals surface area (Å²) in [6.45, 7) is 11.8. The van der Waals surface area contributed by atoms with Crippen LogP contribution in [0, 0.1) is 0 Å². The average Bonchev–Trinajstić information content (AvgIpc) is 3.05. The van der Waals surface area contributed by atoms with Crippen molar-refractivity contribution in [1.82, 2.24) is 15.1 Å². The van der Waals surface area contributed by atoms with Crippen molar-refractivity contribution >= 4 is 18.8 Å². The lowest BCUT2D eigenvalue weighted by molar-refractivity contribution is -0.119. The van der Waals surface area contributed by atoms with Gasteiger partial charge in [-0.3, -0.25) is 9.69 Å². The third kappa shape index (κ3) is 8.74. The summed E-state index contributed by atoms with van der Waals surface area (Å²) in [6, 6.07) is 0. The first-order chi connectivity index (χ1) is 14.8. The van der Waals surface area contributed by atoms with Gasteiger partial charge in [-0.2, -0.15) is 0 Å². The molecule has 1 unspecified atom stereocenters. The number of carbonyl (C=O) groups excluding carboxylic acids is 3. The maximum absolute atomic E-state index is 14.6. The van der Waals surface area contributed by atoms with Crippen LogP contribution in [0.15, 0.2) is 47.9 Å². The molecular formula is C22H33F2N3O4. The fourth-order valence-electron chi connectivity index (χ4n) is 2.90. The molecule has 0 spiro atoms. The molecule has 0 aromatic heterocycles. The van der Waals surface area contributed by atoms with Crippen LogP contribution in [0.2, 0.25) is 0 Å². The smallest absolute Gasteiger partial charge is 0.414 e. The zero-order valence-corrected chi connectivity index (χ0v) is 18.7. The lowest BCUT2D eigenvalue weighted by Crippen LogP contribution is -2.33. The molecule has 1 fully saturated rings. The molecule has 2 aliphatic rings. The fraction of sp³-hybridized carbons (Fsp3) is 0.500. The predicted molar refractivity (Wildman–Crippen MR) is 116 cm³/mol. The van der Waals surface area contributed by atoms with Gasteiger partial charge in [-0.05, 0) is 25.0 Å². The van der Waals surface area contributed by atoms with E-state index in [0.717, 1.165) is 17.7 Å². The van der Waals surface area contributed by atoms with Crippen molar-refractivity contribution in [1.29, 1.82) is 0 Å². The number of unbranched alkanes of at least 4 members (excludes halogenated alkanes) is 1. The predicted octanol–water partition coefficient (Wildman–Crippen LogP) is 4.00. The van der Waals surface area contributed by atoms with Crippen LogP contribution in [0.3, 0.4) is 0 Å². The van der Waals surface area contributed by atoms with E-state index in [-0.39, 0.29) is 30.4 Å². The first-order valence-electron chi connectivity index (χ1n) is 10.1. The number of nitrogens with zero attached hydrogens (tertiary/aromatic N) is 2. The summed E-state index contributed by atoms with van der Waals surface area (Å²) in [4.78, 5) is 33.9. The highest BCUT2D eigenvalue weighted by molar-refractivity contribution is 5.74. The Kier molecular flexibility index (Phi) is 13.5. The number of rotatable bonds is 8. The van der Waals surface area contributed by atoms with Gasteiger partial charge in [-0.1, -0.05) is 19.9 Å². The van der Waals surface area contributed by atoms with Crippen LogP contribution in [0.1, 0.15) is 40.0 Å². The largest absolute Gasteiger partial charge is 0.442 e. The second kappa shape index (κ2) is 14.9. The number of carbonyl (C=O) groups is 3. The van der Waals surface area contributed by atoms with E-state index >= 15 is 0 Å². The molecule has 1 N–H and O–H groups in total. The van der Waals surface area contributed by atoms with Crippen LogP contribution in [-0.2, 0) is 14.3 Å². The molecule has 0 saturated carbocycles. The van der Waals surface area contributed by atoms with Crippen molar-refractivity contribution in [3.63, 3.8) is 0 Å². The minimum Gasteiger partial charge on any atom is -0.442 e. The van der Waals surface area contributed by atoms with Crippen LogP contribution in [0.5, 0.6) is 0 Å². The third-order valence-corrected chi connectivity index (χ3v) is 4.32. The molecule has 1 aliphatic carbocycles. The van der Waals surface area contributed by atoms with Crippen LogP contribution in [0.4, 0.5) is 13.6 Å². The van der Waals surface area contributed by atoms with Crippen LogP contribution >= 0.6 is 0 Å². The quantitative estimate of drug-likeness (QED) is 0.455. The highest BCUT2D eigenvalue weighted by Crippen LogP contribution is 2.30. The number of likely N-dealkylation sites (N-methyl/N-ethyl adjacent to an activating group) is 1. The van der Waals surface area contributed by atoms with E-state index in [0.29, 0.717) is 6.54 Å². The van der Waals surface area contributed by atoms with Gasteiger partial charge >= 0.3 is 6.09 Å². The van der Waals surface area contributed by atoms with Crippen LogP contribution in [0.25, 0.3) is 0 Å². The number of cyclic esters (lactones) is 1. The first-order valence-corrected chi connectivity index (χ1v) is 10.1. The van der Waals surface area contributed by atoms with Crippen molar-refractivity contribution in [2.45, 2.75) is 46.1 Å². The minimum absolute atomic E-state index is 0.0185. The van der Waals surface area contributed by atoms with Crippen molar-refractivity contribution in [2.75, 3.05) is 26.7 Å². The normalized spacial score (nSPS) is 17.7. The van der Waals surface area contributed by atoms with Crippen molar-refractivity contribution in [3.05, 3.63) is 47.9 Å². The lowest BCUT2D eigenvalue weighted by atomic mass is 10.2. The fourth-order valence-corrected chi connectivity index (χ4v) is 2.90. The van der Waals surface area contributed by atoms with Gasteiger partial charge in [0, 0.05) is 20.5 Å². The van der Waals surface area contributed by atoms with Gasteiger partial charge in [0.2, 0.25) is 5.91 Å². The monoisotopic (exact) mass is 441 g/mol. The Labute approximate surface area is 183 Å².